The second kappa shape index (κ2) is 6.57. The Kier molecular flexibility index (Phi) is 5.02. The molecule has 1 saturated heterocycles. The summed E-state index contributed by atoms with van der Waals surface area (Å²) in [6, 6.07) is 5.19. The van der Waals surface area contributed by atoms with E-state index >= 15 is 0 Å². The van der Waals surface area contributed by atoms with Gasteiger partial charge in [-0.1, -0.05) is 17.7 Å². The predicted molar refractivity (Wildman–Crippen MR) is 80.4 cm³/mol. The van der Waals surface area contributed by atoms with Crippen molar-refractivity contribution in [1.29, 1.82) is 0 Å². The summed E-state index contributed by atoms with van der Waals surface area (Å²) in [5.74, 6) is -0.756. The van der Waals surface area contributed by atoms with Gasteiger partial charge < -0.3 is 10.0 Å². The zero-order chi connectivity index (χ0) is 14.7. The first-order valence-corrected chi connectivity index (χ1v) is 7.25. The summed E-state index contributed by atoms with van der Waals surface area (Å²) in [5, 5.41) is 10.2. The van der Waals surface area contributed by atoms with Gasteiger partial charge in [0.2, 0.25) is 0 Å². The molecule has 0 aromatic heterocycles. The normalized spacial score (nSPS) is 18.9. The van der Waals surface area contributed by atoms with Crippen LogP contribution in [0.2, 0.25) is 5.02 Å². The molecule has 20 heavy (non-hydrogen) atoms. The molecule has 5 heteroatoms. The number of nitrogens with zero attached hydrogens (tertiary/aromatic N) is 2. The van der Waals surface area contributed by atoms with Crippen LogP contribution in [-0.4, -0.2) is 60.1 Å². The molecule has 0 unspecified atom stereocenters. The molecule has 0 bridgehead atoms. The zero-order valence-corrected chi connectivity index (χ0v) is 12.7. The molecular formula is C15H21ClN2O2. The molecule has 4 nitrogen and oxygen atoms in total. The summed E-state index contributed by atoms with van der Waals surface area (Å²) in [7, 11) is 2.06. The second-order valence-electron chi connectivity index (χ2n) is 5.47. The highest BCUT2D eigenvalue weighted by Gasteiger charge is 2.28. The second-order valence-corrected chi connectivity index (χ2v) is 5.90. The van der Waals surface area contributed by atoms with Gasteiger partial charge in [-0.15, -0.1) is 0 Å². The van der Waals surface area contributed by atoms with Gasteiger partial charge >= 0.3 is 5.97 Å². The lowest BCUT2D eigenvalue weighted by Gasteiger charge is -2.36. The summed E-state index contributed by atoms with van der Waals surface area (Å²) in [6.45, 7) is 5.42. The van der Waals surface area contributed by atoms with Gasteiger partial charge in [0.05, 0.1) is 0 Å². The van der Waals surface area contributed by atoms with E-state index in [4.69, 9.17) is 11.6 Å². The van der Waals surface area contributed by atoms with Crippen LogP contribution in [-0.2, 0) is 11.2 Å². The van der Waals surface area contributed by atoms with Gasteiger partial charge in [0.1, 0.15) is 6.04 Å². The molecule has 1 atom stereocenters. The highest BCUT2D eigenvalue weighted by molar-refractivity contribution is 6.30. The number of piperazine rings is 1. The first kappa shape index (κ1) is 15.3. The summed E-state index contributed by atoms with van der Waals surface area (Å²) in [5.41, 5.74) is 2.11. The SMILES string of the molecule is Cc1ccc(Cl)cc1C[C@@H](C(=O)O)N1CCN(C)CC1. The van der Waals surface area contributed by atoms with Crippen molar-refractivity contribution in [2.75, 3.05) is 33.2 Å². The zero-order valence-electron chi connectivity index (χ0n) is 12.0. The summed E-state index contributed by atoms with van der Waals surface area (Å²) >= 11 is 6.02. The fourth-order valence-electron chi connectivity index (χ4n) is 2.57. The molecule has 1 aromatic carbocycles. The third-order valence-electron chi connectivity index (χ3n) is 3.99. The average Bonchev–Trinajstić information content (AvgIpc) is 2.40. The molecule has 0 radical (unpaired) electrons. The minimum Gasteiger partial charge on any atom is -0.480 e. The van der Waals surface area contributed by atoms with E-state index in [-0.39, 0.29) is 0 Å². The van der Waals surface area contributed by atoms with Crippen LogP contribution < -0.4 is 0 Å². The van der Waals surface area contributed by atoms with E-state index in [0.29, 0.717) is 11.4 Å². The van der Waals surface area contributed by atoms with Crippen molar-refractivity contribution < 1.29 is 9.90 Å². The molecule has 0 spiro atoms. The van der Waals surface area contributed by atoms with E-state index in [1.807, 2.05) is 25.1 Å². The molecule has 0 amide bonds. The van der Waals surface area contributed by atoms with E-state index in [2.05, 4.69) is 16.8 Å². The highest BCUT2D eigenvalue weighted by Crippen LogP contribution is 2.19. The van der Waals surface area contributed by atoms with Crippen LogP contribution in [0.15, 0.2) is 18.2 Å². The molecule has 1 N–H and O–H groups in total. The number of hydrogen-bond acceptors (Lipinski definition) is 3. The maximum Gasteiger partial charge on any atom is 0.321 e. The Hall–Kier alpha value is -1.10. The molecule has 1 heterocycles. The minimum atomic E-state index is -0.756. The Morgan fingerprint density at radius 1 is 1.35 bits per heavy atom. The van der Waals surface area contributed by atoms with Crippen LogP contribution in [0.4, 0.5) is 0 Å². The smallest absolute Gasteiger partial charge is 0.321 e. The first-order chi connectivity index (χ1) is 9.47. The average molecular weight is 297 g/mol. The fraction of sp³-hybridized carbons (Fsp3) is 0.533. The number of carboxylic acids is 1. The van der Waals surface area contributed by atoms with Gasteiger partial charge in [0, 0.05) is 31.2 Å². The van der Waals surface area contributed by atoms with Crippen molar-refractivity contribution in [3.63, 3.8) is 0 Å². The molecule has 110 valence electrons. The molecule has 1 aliphatic heterocycles. The van der Waals surface area contributed by atoms with Crippen LogP contribution >= 0.6 is 11.6 Å². The number of likely N-dealkylation sites (N-methyl/N-ethyl adjacent to an activating group) is 1. The van der Waals surface area contributed by atoms with E-state index in [1.165, 1.54) is 0 Å². The summed E-state index contributed by atoms with van der Waals surface area (Å²) in [6.07, 6.45) is 0.505. The number of benzene rings is 1. The summed E-state index contributed by atoms with van der Waals surface area (Å²) in [4.78, 5) is 15.9. The molecule has 1 aromatic rings. The van der Waals surface area contributed by atoms with Crippen LogP contribution in [0, 0.1) is 6.92 Å². The number of carbonyl (C=O) groups is 1. The highest BCUT2D eigenvalue weighted by atomic mass is 35.5. The van der Waals surface area contributed by atoms with Gasteiger partial charge in [0.25, 0.3) is 0 Å². The number of aryl methyl sites for hydroxylation is 1. The summed E-state index contributed by atoms with van der Waals surface area (Å²) < 4.78 is 0. The molecule has 0 aliphatic carbocycles. The maximum atomic E-state index is 11.6. The maximum absolute atomic E-state index is 11.6. The molecule has 1 fully saturated rings. The van der Waals surface area contributed by atoms with Crippen molar-refractivity contribution in [1.82, 2.24) is 9.80 Å². The number of rotatable bonds is 4. The molecule has 0 saturated carbocycles. The predicted octanol–water partition coefficient (Wildman–Crippen LogP) is 1.89. The number of carboxylic acid groups (broad SMARTS) is 1. The lowest BCUT2D eigenvalue weighted by molar-refractivity contribution is -0.144. The Bertz CT molecular complexity index is 485. The molecule has 2 rings (SSSR count). The number of aliphatic carboxylic acids is 1. The van der Waals surface area contributed by atoms with Crippen molar-refractivity contribution in [3.8, 4) is 0 Å². The third-order valence-corrected chi connectivity index (χ3v) is 4.22. The fourth-order valence-corrected chi connectivity index (χ4v) is 2.77. The van der Waals surface area contributed by atoms with Crippen LogP contribution in [0.5, 0.6) is 0 Å². The van der Waals surface area contributed by atoms with Gasteiger partial charge in [0.15, 0.2) is 0 Å². The van der Waals surface area contributed by atoms with Gasteiger partial charge in [-0.25, -0.2) is 0 Å². The Morgan fingerprint density at radius 3 is 2.60 bits per heavy atom. The van der Waals surface area contributed by atoms with Crippen molar-refractivity contribution >= 4 is 17.6 Å². The van der Waals surface area contributed by atoms with E-state index < -0.39 is 12.0 Å². The van der Waals surface area contributed by atoms with Gasteiger partial charge in [-0.05, 0) is 43.7 Å². The third kappa shape index (κ3) is 3.72. The van der Waals surface area contributed by atoms with Crippen LogP contribution in [0.25, 0.3) is 0 Å². The number of halogens is 1. The number of hydrogen-bond donors (Lipinski definition) is 1. The van der Waals surface area contributed by atoms with Crippen LogP contribution in [0.1, 0.15) is 11.1 Å². The quantitative estimate of drug-likeness (QED) is 0.921. The van der Waals surface area contributed by atoms with E-state index in [1.54, 1.807) is 0 Å². The van der Waals surface area contributed by atoms with E-state index in [0.717, 1.165) is 37.3 Å². The topological polar surface area (TPSA) is 43.8 Å². The monoisotopic (exact) mass is 296 g/mol. The largest absolute Gasteiger partial charge is 0.480 e. The van der Waals surface area contributed by atoms with Gasteiger partial charge in [-0.2, -0.15) is 0 Å². The Morgan fingerprint density at radius 2 is 2.00 bits per heavy atom. The van der Waals surface area contributed by atoms with Crippen LogP contribution in [0.3, 0.4) is 0 Å². The Balaban J connectivity index is 2.13. The first-order valence-electron chi connectivity index (χ1n) is 6.88. The molecule has 1 aliphatic rings. The lowest BCUT2D eigenvalue weighted by Crippen LogP contribution is -2.52. The minimum absolute atomic E-state index is 0.471. The van der Waals surface area contributed by atoms with Crippen molar-refractivity contribution in [2.24, 2.45) is 0 Å². The van der Waals surface area contributed by atoms with Crippen molar-refractivity contribution in [2.45, 2.75) is 19.4 Å². The van der Waals surface area contributed by atoms with Crippen molar-refractivity contribution in [3.05, 3.63) is 34.3 Å². The Labute approximate surface area is 124 Å². The van der Waals surface area contributed by atoms with Gasteiger partial charge in [-0.3, -0.25) is 9.69 Å². The lowest BCUT2D eigenvalue weighted by atomic mass is 9.99. The molecular weight excluding hydrogens is 276 g/mol. The standard InChI is InChI=1S/C15H21ClN2O2/c1-11-3-4-13(16)9-12(11)10-14(15(19)20)18-7-5-17(2)6-8-18/h3-4,9,14H,5-8,10H2,1-2H3,(H,19,20)/t14-/m0/s1. The van der Waals surface area contributed by atoms with E-state index in [9.17, 15) is 9.90 Å².